The molecule has 1 aliphatic heterocycles. The van der Waals surface area contributed by atoms with Crippen molar-refractivity contribution in [1.82, 2.24) is 10.2 Å². The molecule has 32 heavy (non-hydrogen) atoms. The Hall–Kier alpha value is -2.63. The van der Waals surface area contributed by atoms with E-state index in [9.17, 15) is 9.59 Å². The van der Waals surface area contributed by atoms with E-state index in [1.807, 2.05) is 16.3 Å². The quantitative estimate of drug-likeness (QED) is 0.505. The summed E-state index contributed by atoms with van der Waals surface area (Å²) in [5, 5.41) is 5.93. The van der Waals surface area contributed by atoms with Gasteiger partial charge >= 0.3 is 0 Å². The molecule has 2 amide bonds. The number of halogens is 1. The standard InChI is InChI=1S/C26H27ClN2O2S/c1-2-18-5-7-19(8-6-18)24(23-4-3-17-32-23)28-25(30)20-13-15-29(16-14-20)26(31)21-9-11-22(27)12-10-21/h3-12,17,20,24H,2,13-16H2,1H3,(H,28,30). The van der Waals surface area contributed by atoms with Crippen LogP contribution in [0.2, 0.25) is 5.02 Å². The lowest BCUT2D eigenvalue weighted by molar-refractivity contribution is -0.126. The Morgan fingerprint density at radius 1 is 1.06 bits per heavy atom. The molecule has 1 atom stereocenters. The first-order chi connectivity index (χ1) is 15.5. The average Bonchev–Trinajstić information content (AvgIpc) is 3.37. The minimum absolute atomic E-state index is 0.00648. The molecule has 1 unspecified atom stereocenters. The second-order valence-corrected chi connectivity index (χ2v) is 9.54. The average molecular weight is 467 g/mol. The summed E-state index contributed by atoms with van der Waals surface area (Å²) >= 11 is 7.58. The van der Waals surface area contributed by atoms with Crippen molar-refractivity contribution in [3.05, 3.63) is 92.6 Å². The Morgan fingerprint density at radius 2 is 1.75 bits per heavy atom. The molecular formula is C26H27ClN2O2S. The van der Waals surface area contributed by atoms with Gasteiger partial charge in [-0.25, -0.2) is 0 Å². The molecule has 2 heterocycles. The minimum atomic E-state index is -0.151. The zero-order valence-electron chi connectivity index (χ0n) is 18.1. The third-order valence-corrected chi connectivity index (χ3v) is 7.27. The number of thiophene rings is 1. The molecule has 3 aromatic rings. The minimum Gasteiger partial charge on any atom is -0.344 e. The van der Waals surface area contributed by atoms with Crippen molar-refractivity contribution in [3.63, 3.8) is 0 Å². The fourth-order valence-corrected chi connectivity index (χ4v) is 5.03. The second kappa shape index (κ2) is 10.3. The summed E-state index contributed by atoms with van der Waals surface area (Å²) < 4.78 is 0. The molecule has 1 N–H and O–H groups in total. The number of rotatable bonds is 6. The number of hydrogen-bond donors (Lipinski definition) is 1. The molecule has 0 radical (unpaired) electrons. The largest absolute Gasteiger partial charge is 0.344 e. The lowest BCUT2D eigenvalue weighted by Gasteiger charge is -2.32. The van der Waals surface area contributed by atoms with Crippen molar-refractivity contribution in [2.75, 3.05) is 13.1 Å². The SMILES string of the molecule is CCc1ccc(C(NC(=O)C2CCN(C(=O)c3ccc(Cl)cc3)CC2)c2cccs2)cc1. The molecule has 1 aromatic heterocycles. The number of amides is 2. The summed E-state index contributed by atoms with van der Waals surface area (Å²) in [5.74, 6) is -0.0452. The molecule has 0 aliphatic carbocycles. The van der Waals surface area contributed by atoms with Crippen LogP contribution in [0.25, 0.3) is 0 Å². The summed E-state index contributed by atoms with van der Waals surface area (Å²) in [7, 11) is 0. The number of likely N-dealkylation sites (tertiary alicyclic amines) is 1. The fourth-order valence-electron chi connectivity index (χ4n) is 4.10. The van der Waals surface area contributed by atoms with E-state index >= 15 is 0 Å². The highest BCUT2D eigenvalue weighted by molar-refractivity contribution is 7.10. The first kappa shape index (κ1) is 22.6. The molecule has 4 nitrogen and oxygen atoms in total. The number of nitrogens with one attached hydrogen (secondary N) is 1. The zero-order chi connectivity index (χ0) is 22.5. The number of hydrogen-bond acceptors (Lipinski definition) is 3. The molecule has 6 heteroatoms. The second-order valence-electron chi connectivity index (χ2n) is 8.13. The van der Waals surface area contributed by atoms with Crippen molar-refractivity contribution in [2.24, 2.45) is 5.92 Å². The van der Waals surface area contributed by atoms with E-state index in [0.717, 1.165) is 16.9 Å². The number of piperidine rings is 1. The van der Waals surface area contributed by atoms with Gasteiger partial charge in [-0.2, -0.15) is 0 Å². The molecule has 1 saturated heterocycles. The van der Waals surface area contributed by atoms with E-state index in [4.69, 9.17) is 11.6 Å². The Bertz CT molecular complexity index is 1040. The highest BCUT2D eigenvalue weighted by atomic mass is 35.5. The normalized spacial score (nSPS) is 15.4. The third kappa shape index (κ3) is 5.22. The Balaban J connectivity index is 1.40. The van der Waals surface area contributed by atoms with Crippen LogP contribution in [0.5, 0.6) is 0 Å². The Labute approximate surface area is 198 Å². The number of aryl methyl sites for hydroxylation is 1. The molecule has 0 saturated carbocycles. The first-order valence-electron chi connectivity index (χ1n) is 11.0. The van der Waals surface area contributed by atoms with Crippen molar-refractivity contribution < 1.29 is 9.59 Å². The molecule has 0 bridgehead atoms. The predicted molar refractivity (Wildman–Crippen MR) is 130 cm³/mol. The van der Waals surface area contributed by atoms with Crippen LogP contribution in [-0.2, 0) is 11.2 Å². The van der Waals surface area contributed by atoms with E-state index in [2.05, 4.69) is 42.6 Å². The topological polar surface area (TPSA) is 49.4 Å². The van der Waals surface area contributed by atoms with Crippen LogP contribution in [0.1, 0.15) is 52.2 Å². The summed E-state index contributed by atoms with van der Waals surface area (Å²) in [5.41, 5.74) is 3.00. The van der Waals surface area contributed by atoms with Gasteiger partial charge in [0.1, 0.15) is 0 Å². The van der Waals surface area contributed by atoms with Crippen molar-refractivity contribution in [3.8, 4) is 0 Å². The zero-order valence-corrected chi connectivity index (χ0v) is 19.7. The van der Waals surface area contributed by atoms with Crippen LogP contribution in [0.4, 0.5) is 0 Å². The maximum atomic E-state index is 13.2. The number of carbonyl (C=O) groups excluding carboxylic acids is 2. The fraction of sp³-hybridized carbons (Fsp3) is 0.308. The smallest absolute Gasteiger partial charge is 0.253 e. The lowest BCUT2D eigenvalue weighted by Crippen LogP contribution is -2.43. The van der Waals surface area contributed by atoms with Gasteiger partial charge in [0, 0.05) is 34.5 Å². The molecule has 2 aromatic carbocycles. The van der Waals surface area contributed by atoms with Crippen LogP contribution in [0.15, 0.2) is 66.0 Å². The van der Waals surface area contributed by atoms with Gasteiger partial charge in [-0.3, -0.25) is 9.59 Å². The molecule has 0 spiro atoms. The Kier molecular flexibility index (Phi) is 7.28. The summed E-state index contributed by atoms with van der Waals surface area (Å²) in [6, 6.07) is 19.4. The van der Waals surface area contributed by atoms with E-state index in [1.54, 1.807) is 35.6 Å². The van der Waals surface area contributed by atoms with E-state index < -0.39 is 0 Å². The highest BCUT2D eigenvalue weighted by Gasteiger charge is 2.29. The van der Waals surface area contributed by atoms with Crippen LogP contribution >= 0.6 is 22.9 Å². The molecule has 4 rings (SSSR count). The third-order valence-electron chi connectivity index (χ3n) is 6.08. The molecule has 166 valence electrons. The summed E-state index contributed by atoms with van der Waals surface area (Å²) in [6.45, 7) is 3.29. The van der Waals surface area contributed by atoms with Crippen LogP contribution in [0, 0.1) is 5.92 Å². The van der Waals surface area contributed by atoms with E-state index in [0.29, 0.717) is 36.5 Å². The van der Waals surface area contributed by atoms with Crippen LogP contribution in [-0.4, -0.2) is 29.8 Å². The van der Waals surface area contributed by atoms with Crippen LogP contribution < -0.4 is 5.32 Å². The molecule has 1 fully saturated rings. The van der Waals surface area contributed by atoms with Crippen LogP contribution in [0.3, 0.4) is 0 Å². The maximum Gasteiger partial charge on any atom is 0.253 e. The van der Waals surface area contributed by atoms with E-state index in [1.165, 1.54) is 5.56 Å². The van der Waals surface area contributed by atoms with Gasteiger partial charge in [0.25, 0.3) is 5.91 Å². The summed E-state index contributed by atoms with van der Waals surface area (Å²) in [4.78, 5) is 28.9. The number of benzene rings is 2. The van der Waals surface area contributed by atoms with Gasteiger partial charge in [-0.1, -0.05) is 48.9 Å². The number of carbonyl (C=O) groups is 2. The van der Waals surface area contributed by atoms with Gasteiger partial charge in [0.05, 0.1) is 6.04 Å². The monoisotopic (exact) mass is 466 g/mol. The van der Waals surface area contributed by atoms with Gasteiger partial charge in [0.15, 0.2) is 0 Å². The first-order valence-corrected chi connectivity index (χ1v) is 12.3. The summed E-state index contributed by atoms with van der Waals surface area (Å²) in [6.07, 6.45) is 2.32. The van der Waals surface area contributed by atoms with Gasteiger partial charge in [-0.05, 0) is 66.1 Å². The van der Waals surface area contributed by atoms with Gasteiger partial charge < -0.3 is 10.2 Å². The van der Waals surface area contributed by atoms with Gasteiger partial charge in [0.2, 0.25) is 5.91 Å². The predicted octanol–water partition coefficient (Wildman–Crippen LogP) is 5.72. The van der Waals surface area contributed by atoms with E-state index in [-0.39, 0.29) is 23.8 Å². The van der Waals surface area contributed by atoms with Crippen molar-refractivity contribution >= 4 is 34.8 Å². The van der Waals surface area contributed by atoms with Gasteiger partial charge in [-0.15, -0.1) is 11.3 Å². The lowest BCUT2D eigenvalue weighted by atomic mass is 9.94. The highest BCUT2D eigenvalue weighted by Crippen LogP contribution is 2.28. The van der Waals surface area contributed by atoms with Crippen molar-refractivity contribution in [1.29, 1.82) is 0 Å². The van der Waals surface area contributed by atoms with Crippen molar-refractivity contribution in [2.45, 2.75) is 32.2 Å². The Morgan fingerprint density at radius 3 is 2.34 bits per heavy atom. The maximum absolute atomic E-state index is 13.2. The number of nitrogens with zero attached hydrogens (tertiary/aromatic N) is 1. The molecule has 1 aliphatic rings. The molecular weight excluding hydrogens is 440 g/mol.